The van der Waals surface area contributed by atoms with E-state index >= 15 is 0 Å². The average molecular weight is 272 g/mol. The Morgan fingerprint density at radius 1 is 0.929 bits per heavy atom. The first-order valence-corrected chi connectivity index (χ1v) is 5.09. The van der Waals surface area contributed by atoms with Crippen LogP contribution in [-0.4, -0.2) is 9.97 Å². The van der Waals surface area contributed by atoms with Gasteiger partial charge in [0.1, 0.15) is 9.76 Å². The molecular formula is C10H8BrClN2. The van der Waals surface area contributed by atoms with Gasteiger partial charge in [0, 0.05) is 12.4 Å². The maximum atomic E-state index is 5.43. The smallest absolute Gasteiger partial charge is 0.129 e. The summed E-state index contributed by atoms with van der Waals surface area (Å²) >= 11 is 8.63. The number of aromatic nitrogens is 2. The highest BCUT2D eigenvalue weighted by molar-refractivity contribution is 9.10. The van der Waals surface area contributed by atoms with Crippen LogP contribution in [0.25, 0.3) is 0 Å². The summed E-state index contributed by atoms with van der Waals surface area (Å²) in [6.07, 6.45) is 3.40. The van der Waals surface area contributed by atoms with Crippen molar-refractivity contribution in [3.63, 3.8) is 0 Å². The Bertz CT molecular complexity index is 316. The van der Waals surface area contributed by atoms with E-state index in [0.717, 1.165) is 4.60 Å². The molecule has 0 atom stereocenters. The molecule has 0 N–H and O–H groups in total. The van der Waals surface area contributed by atoms with Gasteiger partial charge in [0.15, 0.2) is 0 Å². The van der Waals surface area contributed by atoms with Crippen LogP contribution in [0.5, 0.6) is 0 Å². The Balaban J connectivity index is 0.000000140. The quantitative estimate of drug-likeness (QED) is 0.685. The molecule has 0 amide bonds. The van der Waals surface area contributed by atoms with Crippen molar-refractivity contribution in [3.8, 4) is 0 Å². The lowest BCUT2D eigenvalue weighted by Gasteiger charge is -1.80. The minimum absolute atomic E-state index is 0.544. The summed E-state index contributed by atoms with van der Waals surface area (Å²) < 4.78 is 0.884. The van der Waals surface area contributed by atoms with Crippen molar-refractivity contribution in [1.82, 2.24) is 9.97 Å². The Hall–Kier alpha value is -0.930. The number of halogens is 2. The zero-order valence-electron chi connectivity index (χ0n) is 7.27. The molecule has 0 bridgehead atoms. The topological polar surface area (TPSA) is 25.8 Å². The van der Waals surface area contributed by atoms with E-state index in [1.807, 2.05) is 30.3 Å². The van der Waals surface area contributed by atoms with Gasteiger partial charge in [0.05, 0.1) is 0 Å². The van der Waals surface area contributed by atoms with Crippen LogP contribution in [0.15, 0.2) is 53.4 Å². The molecule has 2 heterocycles. The number of nitrogens with zero attached hydrogens (tertiary/aromatic N) is 2. The molecular weight excluding hydrogens is 263 g/mol. The Morgan fingerprint density at radius 2 is 1.57 bits per heavy atom. The molecule has 2 aromatic heterocycles. The predicted molar refractivity (Wildman–Crippen MR) is 61.2 cm³/mol. The van der Waals surface area contributed by atoms with Crippen molar-refractivity contribution in [3.05, 3.63) is 58.5 Å². The maximum Gasteiger partial charge on any atom is 0.129 e. The number of hydrogen-bond acceptors (Lipinski definition) is 2. The molecule has 0 spiro atoms. The maximum absolute atomic E-state index is 5.43. The van der Waals surface area contributed by atoms with E-state index in [1.54, 1.807) is 18.5 Å². The molecule has 0 unspecified atom stereocenters. The Kier molecular flexibility index (Phi) is 5.19. The predicted octanol–water partition coefficient (Wildman–Crippen LogP) is 3.58. The molecule has 0 aliphatic carbocycles. The van der Waals surface area contributed by atoms with Crippen molar-refractivity contribution >= 4 is 27.5 Å². The van der Waals surface area contributed by atoms with Crippen molar-refractivity contribution in [2.24, 2.45) is 0 Å². The van der Waals surface area contributed by atoms with Gasteiger partial charge in [-0.05, 0) is 40.2 Å². The molecule has 0 saturated carbocycles. The largest absolute Gasteiger partial charge is 0.249 e. The van der Waals surface area contributed by atoms with Crippen LogP contribution < -0.4 is 0 Å². The first-order valence-electron chi connectivity index (χ1n) is 3.92. The second-order valence-electron chi connectivity index (χ2n) is 2.30. The Morgan fingerprint density at radius 3 is 1.79 bits per heavy atom. The van der Waals surface area contributed by atoms with Crippen LogP contribution in [0.2, 0.25) is 5.15 Å². The standard InChI is InChI=1S/C5H4BrN.C5H4ClN/c2*6-5-3-1-2-4-7-5/h2*1-4H. The molecule has 0 aliphatic heterocycles. The van der Waals surface area contributed by atoms with Gasteiger partial charge in [-0.3, -0.25) is 0 Å². The molecule has 4 heteroatoms. The molecule has 72 valence electrons. The lowest BCUT2D eigenvalue weighted by atomic mass is 10.5. The van der Waals surface area contributed by atoms with Gasteiger partial charge in [-0.1, -0.05) is 23.7 Å². The zero-order chi connectivity index (χ0) is 10.2. The van der Waals surface area contributed by atoms with Crippen LogP contribution in [0.1, 0.15) is 0 Å². The summed E-state index contributed by atoms with van der Waals surface area (Å²) in [7, 11) is 0. The first kappa shape index (κ1) is 11.1. The molecule has 0 aliphatic rings. The second-order valence-corrected chi connectivity index (χ2v) is 3.50. The van der Waals surface area contributed by atoms with E-state index in [-0.39, 0.29) is 0 Å². The second kappa shape index (κ2) is 6.51. The molecule has 0 radical (unpaired) electrons. The molecule has 0 aromatic carbocycles. The third kappa shape index (κ3) is 4.94. The fraction of sp³-hybridized carbons (Fsp3) is 0. The van der Waals surface area contributed by atoms with Gasteiger partial charge in [-0.15, -0.1) is 0 Å². The minimum Gasteiger partial charge on any atom is -0.249 e. The first-order chi connectivity index (χ1) is 6.79. The van der Waals surface area contributed by atoms with Crippen LogP contribution in [0.4, 0.5) is 0 Å². The monoisotopic (exact) mass is 270 g/mol. The van der Waals surface area contributed by atoms with Crippen LogP contribution >= 0.6 is 27.5 Å². The number of rotatable bonds is 0. The van der Waals surface area contributed by atoms with Crippen LogP contribution in [0.3, 0.4) is 0 Å². The summed E-state index contributed by atoms with van der Waals surface area (Å²) in [6, 6.07) is 11.1. The third-order valence-electron chi connectivity index (χ3n) is 1.26. The average Bonchev–Trinajstić information content (AvgIpc) is 2.21. The van der Waals surface area contributed by atoms with E-state index in [1.165, 1.54) is 0 Å². The van der Waals surface area contributed by atoms with Crippen LogP contribution in [0, 0.1) is 0 Å². The highest BCUT2D eigenvalue weighted by Crippen LogP contribution is 2.00. The number of hydrogen-bond donors (Lipinski definition) is 0. The lowest BCUT2D eigenvalue weighted by Crippen LogP contribution is -1.66. The third-order valence-corrected chi connectivity index (χ3v) is 1.95. The fourth-order valence-electron chi connectivity index (χ4n) is 0.684. The van der Waals surface area contributed by atoms with Crippen molar-refractivity contribution < 1.29 is 0 Å². The van der Waals surface area contributed by atoms with Gasteiger partial charge >= 0.3 is 0 Å². The minimum atomic E-state index is 0.544. The van der Waals surface area contributed by atoms with E-state index in [0.29, 0.717) is 5.15 Å². The van der Waals surface area contributed by atoms with Crippen molar-refractivity contribution in [2.45, 2.75) is 0 Å². The Labute approximate surface area is 96.1 Å². The normalized spacial score (nSPS) is 8.71. The van der Waals surface area contributed by atoms with Gasteiger partial charge in [-0.2, -0.15) is 0 Å². The number of pyridine rings is 2. The summed E-state index contributed by atoms with van der Waals surface area (Å²) in [6.45, 7) is 0. The van der Waals surface area contributed by atoms with Crippen molar-refractivity contribution in [2.75, 3.05) is 0 Å². The summed E-state index contributed by atoms with van der Waals surface area (Å²) in [5.74, 6) is 0. The van der Waals surface area contributed by atoms with Gasteiger partial charge in [0.2, 0.25) is 0 Å². The van der Waals surface area contributed by atoms with Gasteiger partial charge in [0.25, 0.3) is 0 Å². The molecule has 14 heavy (non-hydrogen) atoms. The summed E-state index contributed by atoms with van der Waals surface area (Å²) in [5.41, 5.74) is 0. The molecule has 2 aromatic rings. The summed E-state index contributed by atoms with van der Waals surface area (Å²) in [4.78, 5) is 7.64. The van der Waals surface area contributed by atoms with Crippen molar-refractivity contribution in [1.29, 1.82) is 0 Å². The van der Waals surface area contributed by atoms with Crippen LogP contribution in [-0.2, 0) is 0 Å². The zero-order valence-corrected chi connectivity index (χ0v) is 9.61. The van der Waals surface area contributed by atoms with E-state index in [4.69, 9.17) is 11.6 Å². The van der Waals surface area contributed by atoms with E-state index in [2.05, 4.69) is 25.9 Å². The van der Waals surface area contributed by atoms with Gasteiger partial charge < -0.3 is 0 Å². The van der Waals surface area contributed by atoms with E-state index in [9.17, 15) is 0 Å². The molecule has 2 nitrogen and oxygen atoms in total. The molecule has 2 rings (SSSR count). The molecule has 0 fully saturated rings. The molecule has 0 saturated heterocycles. The van der Waals surface area contributed by atoms with E-state index < -0.39 is 0 Å². The lowest BCUT2D eigenvalue weighted by molar-refractivity contribution is 1.28. The fourth-order valence-corrected chi connectivity index (χ4v) is 1.08. The van der Waals surface area contributed by atoms with Gasteiger partial charge in [-0.25, -0.2) is 9.97 Å². The SMILES string of the molecule is Brc1ccccn1.Clc1ccccn1. The highest BCUT2D eigenvalue weighted by Gasteiger charge is 1.76. The summed E-state index contributed by atoms with van der Waals surface area (Å²) in [5, 5.41) is 0.544. The highest BCUT2D eigenvalue weighted by atomic mass is 79.9.